The zero-order valence-electron chi connectivity index (χ0n) is 21.0. The lowest BCUT2D eigenvalue weighted by atomic mass is 10.0. The third-order valence-electron chi connectivity index (χ3n) is 5.51. The summed E-state index contributed by atoms with van der Waals surface area (Å²) in [4.78, 5) is 49.9. The summed E-state index contributed by atoms with van der Waals surface area (Å²) in [5.74, 6) is -1.51. The van der Waals surface area contributed by atoms with Crippen LogP contribution < -0.4 is 15.7 Å². The molecule has 0 aliphatic rings. The van der Waals surface area contributed by atoms with Gasteiger partial charge in [-0.3, -0.25) is 4.79 Å². The van der Waals surface area contributed by atoms with Crippen LogP contribution in [-0.2, 0) is 14.3 Å². The fourth-order valence-electron chi connectivity index (χ4n) is 3.84. The molecule has 0 saturated carbocycles. The van der Waals surface area contributed by atoms with E-state index >= 15 is 0 Å². The Hall–Kier alpha value is -4.44. The van der Waals surface area contributed by atoms with Crippen LogP contribution in [0.5, 0.6) is 5.75 Å². The highest BCUT2D eigenvalue weighted by Gasteiger charge is 2.27. The van der Waals surface area contributed by atoms with Gasteiger partial charge in [-0.1, -0.05) is 30.3 Å². The standard InChI is InChI=1S/C28H25NO8S/c1-4-34-27(32)24-16(3)25(28(33)35-5-2)38-26(24)29-22(30)15-36-18-11-12-19-20(17-9-7-6-8-10-17)14-23(31)37-21(19)13-18/h6-14H,4-5,15H2,1-3H3,(H,29,30). The predicted octanol–water partition coefficient (Wildman–Crippen LogP) is 5.20. The van der Waals surface area contributed by atoms with E-state index in [1.54, 1.807) is 32.9 Å². The topological polar surface area (TPSA) is 121 Å². The lowest BCUT2D eigenvalue weighted by Crippen LogP contribution is -2.21. The van der Waals surface area contributed by atoms with E-state index in [1.165, 1.54) is 12.1 Å². The smallest absolute Gasteiger partial charge is 0.348 e. The van der Waals surface area contributed by atoms with Gasteiger partial charge in [0.1, 0.15) is 21.2 Å². The summed E-state index contributed by atoms with van der Waals surface area (Å²) in [6.07, 6.45) is 0. The Morgan fingerprint density at radius 2 is 1.66 bits per heavy atom. The Kier molecular flexibility index (Phi) is 8.22. The normalized spacial score (nSPS) is 10.7. The van der Waals surface area contributed by atoms with Crippen LogP contribution in [-0.4, -0.2) is 37.7 Å². The van der Waals surface area contributed by atoms with Crippen LogP contribution in [0.4, 0.5) is 5.00 Å². The van der Waals surface area contributed by atoms with Crippen molar-refractivity contribution < 1.29 is 33.0 Å². The number of rotatable bonds is 9. The first-order valence-corrected chi connectivity index (χ1v) is 12.7. The molecule has 1 N–H and O–H groups in total. The van der Waals surface area contributed by atoms with Crippen molar-refractivity contribution in [2.45, 2.75) is 20.8 Å². The van der Waals surface area contributed by atoms with E-state index in [0.717, 1.165) is 22.5 Å². The average molecular weight is 536 g/mol. The van der Waals surface area contributed by atoms with Crippen LogP contribution in [0.1, 0.15) is 39.4 Å². The van der Waals surface area contributed by atoms with E-state index in [0.29, 0.717) is 22.3 Å². The number of hydrogen-bond acceptors (Lipinski definition) is 9. The maximum atomic E-state index is 12.7. The molecule has 9 nitrogen and oxygen atoms in total. The Morgan fingerprint density at radius 3 is 2.37 bits per heavy atom. The largest absolute Gasteiger partial charge is 0.484 e. The van der Waals surface area contributed by atoms with Crippen LogP contribution in [0.2, 0.25) is 0 Å². The summed E-state index contributed by atoms with van der Waals surface area (Å²) in [7, 11) is 0. The van der Waals surface area contributed by atoms with E-state index in [4.69, 9.17) is 18.6 Å². The molecular weight excluding hydrogens is 510 g/mol. The van der Waals surface area contributed by atoms with Crippen LogP contribution in [0.15, 0.2) is 63.8 Å². The molecule has 1 amide bonds. The quantitative estimate of drug-likeness (QED) is 0.229. The van der Waals surface area contributed by atoms with Crippen molar-refractivity contribution in [2.24, 2.45) is 0 Å². The molecule has 0 aliphatic carbocycles. The number of ether oxygens (including phenoxy) is 3. The molecule has 4 rings (SSSR count). The maximum Gasteiger partial charge on any atom is 0.348 e. The number of hydrogen-bond donors (Lipinski definition) is 1. The van der Waals surface area contributed by atoms with Gasteiger partial charge in [0, 0.05) is 17.5 Å². The molecule has 4 aromatic rings. The van der Waals surface area contributed by atoms with Crippen molar-refractivity contribution in [2.75, 3.05) is 25.1 Å². The van der Waals surface area contributed by atoms with Crippen molar-refractivity contribution >= 4 is 45.2 Å². The minimum atomic E-state index is -0.660. The fraction of sp³-hybridized carbons (Fsp3) is 0.214. The molecule has 196 valence electrons. The predicted molar refractivity (Wildman–Crippen MR) is 143 cm³/mol. The van der Waals surface area contributed by atoms with Gasteiger partial charge in [-0.15, -0.1) is 11.3 Å². The molecular formula is C28H25NO8S. The number of esters is 2. The molecule has 0 saturated heterocycles. The second kappa shape index (κ2) is 11.7. The number of anilines is 1. The summed E-state index contributed by atoms with van der Waals surface area (Å²) in [5.41, 5.74) is 1.84. The zero-order valence-corrected chi connectivity index (χ0v) is 21.8. The van der Waals surface area contributed by atoms with Gasteiger partial charge in [-0.05, 0) is 49.6 Å². The summed E-state index contributed by atoms with van der Waals surface area (Å²) in [6.45, 7) is 4.82. The molecule has 0 aliphatic heterocycles. The highest BCUT2D eigenvalue weighted by molar-refractivity contribution is 7.18. The number of fused-ring (bicyclic) bond motifs is 1. The van der Waals surface area contributed by atoms with Crippen molar-refractivity contribution in [1.29, 1.82) is 0 Å². The lowest BCUT2D eigenvalue weighted by molar-refractivity contribution is -0.118. The first-order valence-electron chi connectivity index (χ1n) is 11.9. The minimum absolute atomic E-state index is 0.0918. The van der Waals surface area contributed by atoms with Crippen LogP contribution in [0.25, 0.3) is 22.1 Å². The van der Waals surface area contributed by atoms with Gasteiger partial charge >= 0.3 is 17.6 Å². The number of thiophene rings is 1. The number of amides is 1. The second-order valence-corrected chi connectivity index (χ2v) is 9.06. The zero-order chi connectivity index (χ0) is 27.2. The van der Waals surface area contributed by atoms with Crippen molar-refractivity contribution in [3.63, 3.8) is 0 Å². The second-order valence-electron chi connectivity index (χ2n) is 8.04. The van der Waals surface area contributed by atoms with E-state index in [1.807, 2.05) is 30.3 Å². The Labute approximate surface area is 221 Å². The SMILES string of the molecule is CCOC(=O)c1sc(NC(=O)COc2ccc3c(-c4ccccc4)cc(=O)oc3c2)c(C(=O)OCC)c1C. The van der Waals surface area contributed by atoms with Crippen LogP contribution >= 0.6 is 11.3 Å². The summed E-state index contributed by atoms with van der Waals surface area (Å²) in [5, 5.41) is 3.50. The summed E-state index contributed by atoms with van der Waals surface area (Å²) >= 11 is 0.929. The van der Waals surface area contributed by atoms with E-state index in [9.17, 15) is 19.2 Å². The van der Waals surface area contributed by atoms with Crippen LogP contribution in [0, 0.1) is 6.92 Å². The Bertz CT molecular complexity index is 1550. The Morgan fingerprint density at radius 1 is 0.947 bits per heavy atom. The van der Waals surface area contributed by atoms with Crippen LogP contribution in [0.3, 0.4) is 0 Å². The molecule has 2 aromatic heterocycles. The summed E-state index contributed by atoms with van der Waals surface area (Å²) < 4.78 is 21.1. The van der Waals surface area contributed by atoms with Gasteiger partial charge in [0.15, 0.2) is 6.61 Å². The number of benzene rings is 2. The van der Waals surface area contributed by atoms with Crippen molar-refractivity contribution in [3.05, 3.63) is 81.0 Å². The molecule has 0 unspecified atom stereocenters. The molecule has 0 bridgehead atoms. The van der Waals surface area contributed by atoms with E-state index in [2.05, 4.69) is 5.32 Å². The summed E-state index contributed by atoms with van der Waals surface area (Å²) in [6, 6.07) is 15.8. The van der Waals surface area contributed by atoms with Gasteiger partial charge in [0.25, 0.3) is 5.91 Å². The van der Waals surface area contributed by atoms with Gasteiger partial charge < -0.3 is 23.9 Å². The van der Waals surface area contributed by atoms with Crippen molar-refractivity contribution in [1.82, 2.24) is 0 Å². The van der Waals surface area contributed by atoms with Gasteiger partial charge in [-0.2, -0.15) is 0 Å². The molecule has 38 heavy (non-hydrogen) atoms. The monoisotopic (exact) mass is 535 g/mol. The fourth-order valence-corrected chi connectivity index (χ4v) is 4.95. The third kappa shape index (κ3) is 5.76. The van der Waals surface area contributed by atoms with E-state index in [-0.39, 0.29) is 28.7 Å². The van der Waals surface area contributed by atoms with Gasteiger partial charge in [0.2, 0.25) is 0 Å². The molecule has 2 heterocycles. The van der Waals surface area contributed by atoms with Crippen molar-refractivity contribution in [3.8, 4) is 16.9 Å². The molecule has 2 aromatic carbocycles. The molecule has 0 radical (unpaired) electrons. The molecule has 0 spiro atoms. The minimum Gasteiger partial charge on any atom is -0.484 e. The third-order valence-corrected chi connectivity index (χ3v) is 6.70. The number of nitrogens with one attached hydrogen (secondary N) is 1. The maximum absolute atomic E-state index is 12.7. The number of carbonyl (C=O) groups is 3. The highest BCUT2D eigenvalue weighted by atomic mass is 32.1. The average Bonchev–Trinajstić information content (AvgIpc) is 3.23. The molecule has 0 atom stereocenters. The lowest BCUT2D eigenvalue weighted by Gasteiger charge is -2.10. The first-order chi connectivity index (χ1) is 18.3. The first kappa shape index (κ1) is 26.6. The van der Waals surface area contributed by atoms with E-state index < -0.39 is 30.1 Å². The Balaban J connectivity index is 1.53. The van der Waals surface area contributed by atoms with Gasteiger partial charge in [-0.25, -0.2) is 14.4 Å². The number of carbonyl (C=O) groups excluding carboxylic acids is 3. The molecule has 10 heteroatoms. The molecule has 0 fully saturated rings. The highest BCUT2D eigenvalue weighted by Crippen LogP contribution is 2.34. The van der Waals surface area contributed by atoms with Gasteiger partial charge in [0.05, 0.1) is 18.8 Å².